The molecular weight excluding hydrogens is 396 g/mol. The Morgan fingerprint density at radius 2 is 1.83 bits per heavy atom. The predicted molar refractivity (Wildman–Crippen MR) is 123 cm³/mol. The molecule has 0 bridgehead atoms. The van der Waals surface area contributed by atoms with E-state index < -0.39 is 5.60 Å². The van der Waals surface area contributed by atoms with Gasteiger partial charge >= 0.3 is 5.97 Å². The summed E-state index contributed by atoms with van der Waals surface area (Å²) in [5.74, 6) is 5.57. The van der Waals surface area contributed by atoms with E-state index in [1.807, 2.05) is 48.7 Å². The molecule has 2 nitrogen and oxygen atoms in total. The summed E-state index contributed by atoms with van der Waals surface area (Å²) in [6, 6.07) is 20.1. The lowest BCUT2D eigenvalue weighted by Crippen LogP contribution is -2.26. The van der Waals surface area contributed by atoms with Crippen molar-refractivity contribution in [2.24, 2.45) is 0 Å². The predicted octanol–water partition coefficient (Wildman–Crippen LogP) is 7.04. The molecule has 2 aromatic carbocycles. The maximum absolute atomic E-state index is 12.8. The van der Waals surface area contributed by atoms with E-state index in [9.17, 15) is 4.79 Å². The lowest BCUT2D eigenvalue weighted by Gasteiger charge is -2.22. The van der Waals surface area contributed by atoms with E-state index in [1.165, 1.54) is 31.9 Å². The molecule has 2 atom stereocenters. The van der Waals surface area contributed by atoms with Gasteiger partial charge in [-0.3, -0.25) is 0 Å². The fraction of sp³-hybridized carbons (Fsp3) is 0.160. The fourth-order valence-electron chi connectivity index (χ4n) is 3.39. The van der Waals surface area contributed by atoms with Gasteiger partial charge in [-0.2, -0.15) is 0 Å². The van der Waals surface area contributed by atoms with E-state index in [-0.39, 0.29) is 16.4 Å². The third-order valence-corrected chi connectivity index (χ3v) is 8.11. The second-order valence-electron chi connectivity index (χ2n) is 6.93. The molecule has 0 aliphatic carbocycles. The van der Waals surface area contributed by atoms with Crippen LogP contribution in [0.1, 0.15) is 34.6 Å². The van der Waals surface area contributed by atoms with Gasteiger partial charge in [0.25, 0.3) is 0 Å². The zero-order valence-corrected chi connectivity index (χ0v) is 18.2. The molecule has 0 spiro atoms. The highest BCUT2D eigenvalue weighted by Crippen LogP contribution is 2.42. The van der Waals surface area contributed by atoms with Crippen LogP contribution in [0.15, 0.2) is 71.4 Å². The van der Waals surface area contributed by atoms with Crippen molar-refractivity contribution < 1.29 is 9.53 Å². The quantitative estimate of drug-likeness (QED) is 0.202. The standard InChI is InChI=1S/C25H21O2S2/c1-4-15-25(3,23-10-7-16-28-23)27-24(26)19-11-13-20(14-12-19)29-17-18(2)21-8-5-6-9-22(21)29/h5-14,16-17H,1-3H3/q+1. The first-order chi connectivity index (χ1) is 14.0. The summed E-state index contributed by atoms with van der Waals surface area (Å²) in [6.45, 7) is 5.74. The summed E-state index contributed by atoms with van der Waals surface area (Å²) < 4.78 is 7.17. The van der Waals surface area contributed by atoms with Crippen LogP contribution in [-0.4, -0.2) is 5.97 Å². The lowest BCUT2D eigenvalue weighted by molar-refractivity contribution is 0.0141. The maximum Gasteiger partial charge on any atom is 0.339 e. The Kier molecular flexibility index (Phi) is 5.27. The smallest absolute Gasteiger partial charge is 0.339 e. The van der Waals surface area contributed by atoms with E-state index in [0.717, 1.165) is 4.88 Å². The van der Waals surface area contributed by atoms with Gasteiger partial charge in [0.1, 0.15) is 5.38 Å². The SMILES string of the molecule is CC#CC(C)(OC(=O)c1ccc(-[s+]2cc(C)c3ccccc32)cc1)c1cccs1. The van der Waals surface area contributed by atoms with Gasteiger partial charge < -0.3 is 4.74 Å². The molecule has 2 heterocycles. The van der Waals surface area contributed by atoms with Crippen molar-refractivity contribution in [2.75, 3.05) is 0 Å². The van der Waals surface area contributed by atoms with Crippen molar-refractivity contribution in [1.82, 2.24) is 0 Å². The van der Waals surface area contributed by atoms with Crippen LogP contribution in [-0.2, 0) is 10.3 Å². The van der Waals surface area contributed by atoms with Gasteiger partial charge in [-0.25, -0.2) is 4.79 Å². The molecule has 2 aromatic heterocycles. The number of carbonyl (C=O) groups excluding carboxylic acids is 1. The number of rotatable bonds is 4. The topological polar surface area (TPSA) is 26.3 Å². The summed E-state index contributed by atoms with van der Waals surface area (Å²) in [5.41, 5.74) is 0.897. The molecule has 0 amide bonds. The Bertz CT molecular complexity index is 1220. The van der Waals surface area contributed by atoms with Crippen molar-refractivity contribution in [2.45, 2.75) is 26.4 Å². The van der Waals surface area contributed by atoms with Crippen molar-refractivity contribution in [3.05, 3.63) is 87.4 Å². The Labute approximate surface area is 177 Å². The molecule has 4 aromatic rings. The fourth-order valence-corrected chi connectivity index (χ4v) is 6.29. The number of ether oxygens (including phenoxy) is 1. The van der Waals surface area contributed by atoms with Crippen LogP contribution in [0.2, 0.25) is 0 Å². The average Bonchev–Trinajstić information content (AvgIpc) is 3.38. The summed E-state index contributed by atoms with van der Waals surface area (Å²) in [6.07, 6.45) is 0. The zero-order chi connectivity index (χ0) is 20.4. The van der Waals surface area contributed by atoms with Gasteiger partial charge in [-0.15, -0.1) is 17.3 Å². The van der Waals surface area contributed by atoms with Crippen LogP contribution in [0.3, 0.4) is 0 Å². The number of benzene rings is 2. The molecule has 0 saturated carbocycles. The third kappa shape index (κ3) is 3.72. The van der Waals surface area contributed by atoms with Crippen molar-refractivity contribution in [3.63, 3.8) is 0 Å². The monoisotopic (exact) mass is 417 g/mol. The van der Waals surface area contributed by atoms with Crippen molar-refractivity contribution >= 4 is 37.9 Å². The summed E-state index contributed by atoms with van der Waals surface area (Å²) in [7, 11) is -0.0984. The van der Waals surface area contributed by atoms with Crippen molar-refractivity contribution in [3.8, 4) is 16.7 Å². The molecule has 2 unspecified atom stereocenters. The summed E-state index contributed by atoms with van der Waals surface area (Å²) in [5, 5.41) is 5.58. The lowest BCUT2D eigenvalue weighted by atomic mass is 10.1. The minimum atomic E-state index is -0.940. The molecule has 4 rings (SSSR count). The first kappa shape index (κ1) is 19.4. The molecule has 29 heavy (non-hydrogen) atoms. The minimum absolute atomic E-state index is 0.0984. The highest BCUT2D eigenvalue weighted by Gasteiger charge is 2.31. The number of esters is 1. The van der Waals surface area contributed by atoms with Crippen LogP contribution in [0.5, 0.6) is 0 Å². The summed E-state index contributed by atoms with van der Waals surface area (Å²) >= 11 is 1.53. The van der Waals surface area contributed by atoms with Gasteiger partial charge in [0.2, 0.25) is 5.60 Å². The molecular formula is C25H21O2S2+. The Morgan fingerprint density at radius 3 is 2.52 bits per heavy atom. The molecule has 0 radical (unpaired) electrons. The number of hydrogen-bond acceptors (Lipinski definition) is 3. The molecule has 4 heteroatoms. The number of aryl methyl sites for hydroxylation is 1. The minimum Gasteiger partial charge on any atom is -0.437 e. The summed E-state index contributed by atoms with van der Waals surface area (Å²) in [4.78, 5) is 14.9. The molecule has 0 aliphatic heterocycles. The molecule has 0 aliphatic rings. The first-order valence-corrected chi connectivity index (χ1v) is 11.5. The second-order valence-corrected chi connectivity index (χ2v) is 9.70. The van der Waals surface area contributed by atoms with Crippen LogP contribution in [0.25, 0.3) is 15.0 Å². The average molecular weight is 418 g/mol. The Balaban J connectivity index is 1.62. The third-order valence-electron chi connectivity index (χ3n) is 4.84. The normalized spacial score (nSPS) is 13.4. The van der Waals surface area contributed by atoms with E-state index in [2.05, 4.69) is 48.4 Å². The van der Waals surface area contributed by atoms with Gasteiger partial charge in [0.05, 0.1) is 10.4 Å². The van der Waals surface area contributed by atoms with Crippen LogP contribution < -0.4 is 0 Å². The Hall–Kier alpha value is -2.87. The number of thiophene rings is 2. The zero-order valence-electron chi connectivity index (χ0n) is 16.6. The molecule has 0 saturated heterocycles. The number of hydrogen-bond donors (Lipinski definition) is 0. The van der Waals surface area contributed by atoms with Crippen LogP contribution in [0, 0.1) is 18.8 Å². The van der Waals surface area contributed by atoms with E-state index in [4.69, 9.17) is 4.74 Å². The van der Waals surface area contributed by atoms with Gasteiger partial charge in [0, 0.05) is 21.4 Å². The molecule has 0 N–H and O–H groups in total. The number of carbonyl (C=O) groups is 1. The maximum atomic E-state index is 12.8. The van der Waals surface area contributed by atoms with Crippen LogP contribution >= 0.6 is 21.8 Å². The van der Waals surface area contributed by atoms with Gasteiger partial charge in [-0.05, 0) is 68.6 Å². The highest BCUT2D eigenvalue weighted by atomic mass is 32.2. The second kappa shape index (κ2) is 7.87. The van der Waals surface area contributed by atoms with E-state index in [1.54, 1.807) is 6.92 Å². The van der Waals surface area contributed by atoms with E-state index >= 15 is 0 Å². The van der Waals surface area contributed by atoms with Crippen LogP contribution in [0.4, 0.5) is 0 Å². The molecule has 0 fully saturated rings. The van der Waals surface area contributed by atoms with Gasteiger partial charge in [-0.1, -0.05) is 24.1 Å². The Morgan fingerprint density at radius 1 is 1.07 bits per heavy atom. The number of fused-ring (bicyclic) bond motifs is 1. The van der Waals surface area contributed by atoms with E-state index in [0.29, 0.717) is 5.56 Å². The first-order valence-electron chi connectivity index (χ1n) is 9.34. The highest BCUT2D eigenvalue weighted by molar-refractivity contribution is 7.43. The van der Waals surface area contributed by atoms with Gasteiger partial charge in [0.15, 0.2) is 9.60 Å². The molecule has 144 valence electrons. The van der Waals surface area contributed by atoms with Crippen molar-refractivity contribution in [1.29, 1.82) is 0 Å². The largest absolute Gasteiger partial charge is 0.437 e.